The average Bonchev–Trinajstić information content (AvgIpc) is 3.23. The van der Waals surface area contributed by atoms with Crippen LogP contribution in [0.2, 0.25) is 0 Å². The molecule has 40 heavy (non-hydrogen) atoms. The number of fused-ring (bicyclic) bond motifs is 6. The molecule has 2 spiro atoms. The molecule has 7 nitrogen and oxygen atoms in total. The minimum absolute atomic E-state index is 0.00588. The zero-order chi connectivity index (χ0) is 27.4. The molecule has 0 aromatic rings. The van der Waals surface area contributed by atoms with Gasteiger partial charge in [-0.2, -0.15) is 0 Å². The maximum absolute atomic E-state index is 7.14. The Morgan fingerprint density at radius 2 is 2.08 bits per heavy atom. The fraction of sp³-hybridized carbons (Fsp3) is 0.871. The lowest BCUT2D eigenvalue weighted by Gasteiger charge is -2.51. The van der Waals surface area contributed by atoms with Crippen molar-refractivity contribution in [3.05, 3.63) is 23.8 Å². The Kier molecular flexibility index (Phi) is 6.80. The van der Waals surface area contributed by atoms with Crippen LogP contribution in [0.3, 0.4) is 0 Å². The lowest BCUT2D eigenvalue weighted by Crippen LogP contribution is -2.65. The molecule has 10 atom stereocenters. The molecule has 7 fully saturated rings. The van der Waals surface area contributed by atoms with E-state index >= 15 is 0 Å². The average molecular weight is 590 g/mol. The predicted octanol–water partition coefficient (Wildman–Crippen LogP) is 4.11. The first-order valence-electron chi connectivity index (χ1n) is 16.0. The number of likely N-dealkylation sites (tertiary alicyclic amines) is 1. The summed E-state index contributed by atoms with van der Waals surface area (Å²) in [6.07, 6.45) is 14.0. The summed E-state index contributed by atoms with van der Waals surface area (Å²) < 4.78 is 12.3. The number of halogens is 1. The second-order valence-corrected chi connectivity index (χ2v) is 16.2. The van der Waals surface area contributed by atoms with Crippen molar-refractivity contribution in [2.24, 2.45) is 17.8 Å². The van der Waals surface area contributed by atoms with Gasteiger partial charge in [0.15, 0.2) is 0 Å². The molecule has 9 unspecified atom stereocenters. The zero-order valence-corrected chi connectivity index (χ0v) is 26.1. The van der Waals surface area contributed by atoms with Gasteiger partial charge in [0.05, 0.1) is 28.7 Å². The molecule has 0 aromatic heterocycles. The van der Waals surface area contributed by atoms with Crippen LogP contribution in [0.25, 0.3) is 0 Å². The van der Waals surface area contributed by atoms with Crippen molar-refractivity contribution in [3.8, 4) is 0 Å². The van der Waals surface area contributed by atoms with Crippen molar-refractivity contribution in [1.82, 2.24) is 25.6 Å². The maximum Gasteiger partial charge on any atom is 0.132 e. The summed E-state index contributed by atoms with van der Waals surface area (Å²) in [6.45, 7) is 9.98. The summed E-state index contributed by atoms with van der Waals surface area (Å²) in [4.78, 5) is 5.32. The van der Waals surface area contributed by atoms with E-state index in [9.17, 15) is 0 Å². The van der Waals surface area contributed by atoms with Crippen LogP contribution in [0.4, 0.5) is 0 Å². The largest absolute Gasteiger partial charge is 0.372 e. The van der Waals surface area contributed by atoms with Gasteiger partial charge in [-0.15, -0.1) is 23.4 Å². The normalized spacial score (nSPS) is 46.5. The van der Waals surface area contributed by atoms with Gasteiger partial charge in [0, 0.05) is 56.6 Å². The number of allylic oxidation sites excluding steroid dienone is 1. The van der Waals surface area contributed by atoms with Crippen molar-refractivity contribution in [2.75, 3.05) is 33.9 Å². The van der Waals surface area contributed by atoms with E-state index < -0.39 is 0 Å². The van der Waals surface area contributed by atoms with E-state index in [-0.39, 0.29) is 22.7 Å². The highest BCUT2D eigenvalue weighted by Crippen LogP contribution is 2.61. The highest BCUT2D eigenvalue weighted by molar-refractivity contribution is 8.00. The Morgan fingerprint density at radius 1 is 1.25 bits per heavy atom. The quantitative estimate of drug-likeness (QED) is 0.367. The predicted molar refractivity (Wildman–Crippen MR) is 161 cm³/mol. The molecule has 5 heterocycles. The fourth-order valence-corrected chi connectivity index (χ4v) is 12.3. The first-order chi connectivity index (χ1) is 19.3. The van der Waals surface area contributed by atoms with Crippen LogP contribution in [-0.2, 0) is 9.47 Å². The first-order valence-corrected chi connectivity index (χ1v) is 17.3. The van der Waals surface area contributed by atoms with Crippen LogP contribution in [0, 0.1) is 17.8 Å². The molecular formula is C31H48ClN5O2S. The van der Waals surface area contributed by atoms with Gasteiger partial charge in [-0.05, 0) is 87.7 Å². The topological polar surface area (TPSA) is 52.2 Å². The summed E-state index contributed by atoms with van der Waals surface area (Å²) >= 11 is 9.41. The molecule has 9 heteroatoms. The number of alkyl halides is 1. The van der Waals surface area contributed by atoms with Gasteiger partial charge in [0.2, 0.25) is 0 Å². The molecule has 0 aromatic carbocycles. The van der Waals surface area contributed by atoms with Crippen LogP contribution < -0.4 is 10.7 Å². The number of nitrogens with one attached hydrogen (secondary N) is 2. The number of methoxy groups -OCH3 is 1. The van der Waals surface area contributed by atoms with E-state index in [1.807, 2.05) is 7.11 Å². The van der Waals surface area contributed by atoms with Gasteiger partial charge in [0.25, 0.3) is 0 Å². The number of hydrogen-bond donors (Lipinski definition) is 2. The number of hydrazine groups is 1. The van der Waals surface area contributed by atoms with Crippen molar-refractivity contribution in [1.29, 1.82) is 0 Å². The van der Waals surface area contributed by atoms with Crippen LogP contribution in [0.1, 0.15) is 64.7 Å². The molecule has 2 N–H and O–H groups in total. The summed E-state index contributed by atoms with van der Waals surface area (Å²) in [7, 11) is 4.09. The molecule has 8 aliphatic rings. The molecule has 2 saturated carbocycles. The van der Waals surface area contributed by atoms with Crippen LogP contribution in [0.5, 0.6) is 0 Å². The third-order valence-electron chi connectivity index (χ3n) is 12.1. The number of thioether (sulfide) groups is 1. The molecule has 3 aliphatic carbocycles. The van der Waals surface area contributed by atoms with E-state index in [4.69, 9.17) is 27.7 Å². The minimum Gasteiger partial charge on any atom is -0.372 e. The van der Waals surface area contributed by atoms with E-state index in [2.05, 4.69) is 57.4 Å². The van der Waals surface area contributed by atoms with Gasteiger partial charge in [0.1, 0.15) is 6.23 Å². The number of ether oxygens (including phenoxy) is 2. The van der Waals surface area contributed by atoms with Crippen molar-refractivity contribution in [3.63, 3.8) is 0 Å². The number of nitrogens with zero attached hydrogens (tertiary/aromatic N) is 3. The number of hydrogen-bond acceptors (Lipinski definition) is 8. The summed E-state index contributed by atoms with van der Waals surface area (Å²) in [5.74, 6) is 1.72. The lowest BCUT2D eigenvalue weighted by molar-refractivity contribution is -0.165. The summed E-state index contributed by atoms with van der Waals surface area (Å²) in [5.41, 5.74) is 6.91. The van der Waals surface area contributed by atoms with Crippen LogP contribution in [-0.4, -0.2) is 100 Å². The van der Waals surface area contributed by atoms with Gasteiger partial charge < -0.3 is 14.8 Å². The lowest BCUT2D eigenvalue weighted by atomic mass is 9.77. The summed E-state index contributed by atoms with van der Waals surface area (Å²) in [5, 5.41) is 8.01. The fourth-order valence-electron chi connectivity index (χ4n) is 9.74. The van der Waals surface area contributed by atoms with E-state index in [0.717, 1.165) is 26.1 Å². The van der Waals surface area contributed by atoms with Gasteiger partial charge in [-0.1, -0.05) is 12.7 Å². The van der Waals surface area contributed by atoms with Crippen LogP contribution in [0.15, 0.2) is 23.8 Å². The molecule has 0 bridgehead atoms. The monoisotopic (exact) mass is 589 g/mol. The third-order valence-corrected chi connectivity index (χ3v) is 14.3. The minimum atomic E-state index is 0.00588. The Morgan fingerprint density at radius 3 is 2.77 bits per heavy atom. The first kappa shape index (κ1) is 27.4. The van der Waals surface area contributed by atoms with Crippen molar-refractivity contribution < 1.29 is 9.47 Å². The highest BCUT2D eigenvalue weighted by Gasteiger charge is 2.66. The zero-order valence-electron chi connectivity index (χ0n) is 24.5. The SMILES string of the molecule is C=C(C(OC)N1CC2(CCCO2)C1)[C@@H]1CC2SC3C(C(C4=CCCCC4Cl)NC4(CC4)C4NN(C)C(C)N34)C2C1. The third kappa shape index (κ3) is 4.11. The Balaban J connectivity index is 1.07. The standard InChI is InChI=1S/C31H48ClN5O2S/c1-18(27(38-4)36-16-30(17-36)10-7-13-39-30)20-14-22-24(15-20)40-28-25(22)26(21-8-5-6-9-23(21)32)33-31(11-12-31)29-34-35(3)19(2)37(28)29/h8,19-20,22-29,33-34H,1,5-7,9-17H2,2-4H3/t19?,20-,22?,23?,24?,25?,26?,27?,28?,29?/m0/s1. The van der Waals surface area contributed by atoms with E-state index in [1.165, 1.54) is 62.5 Å². The maximum atomic E-state index is 7.14. The Bertz CT molecular complexity index is 1060. The second kappa shape index (κ2) is 9.93. The summed E-state index contributed by atoms with van der Waals surface area (Å²) in [6, 6.07) is 0.364. The molecule has 222 valence electrons. The van der Waals surface area contributed by atoms with Crippen molar-refractivity contribution >= 4 is 23.4 Å². The van der Waals surface area contributed by atoms with E-state index in [0.29, 0.717) is 46.8 Å². The van der Waals surface area contributed by atoms with Gasteiger partial charge >= 0.3 is 0 Å². The molecule has 5 aliphatic heterocycles. The molecule has 8 rings (SSSR count). The van der Waals surface area contributed by atoms with Gasteiger partial charge in [-0.25, -0.2) is 10.4 Å². The molecular weight excluding hydrogens is 542 g/mol. The Hall–Kier alpha value is -0.160. The van der Waals surface area contributed by atoms with Gasteiger partial charge in [-0.3, -0.25) is 9.80 Å². The second-order valence-electron chi connectivity index (χ2n) is 14.3. The Labute approximate surface area is 249 Å². The van der Waals surface area contributed by atoms with E-state index in [1.54, 1.807) is 0 Å². The molecule has 5 saturated heterocycles. The highest BCUT2D eigenvalue weighted by atomic mass is 35.5. The molecule has 0 radical (unpaired) electrons. The smallest absolute Gasteiger partial charge is 0.132 e. The van der Waals surface area contributed by atoms with Crippen molar-refractivity contribution in [2.45, 2.75) is 116 Å². The van der Waals surface area contributed by atoms with Crippen LogP contribution >= 0.6 is 23.4 Å². The molecule has 0 amide bonds. The number of rotatable bonds is 5.